The summed E-state index contributed by atoms with van der Waals surface area (Å²) in [5, 5.41) is 3.01. The summed E-state index contributed by atoms with van der Waals surface area (Å²) in [5.74, 6) is 0. The summed E-state index contributed by atoms with van der Waals surface area (Å²) in [6, 6.07) is 0.145. The minimum absolute atomic E-state index is 0.145. The van der Waals surface area contributed by atoms with E-state index < -0.39 is 10.0 Å². The van der Waals surface area contributed by atoms with Crippen LogP contribution in [0, 0.1) is 0 Å². The highest BCUT2D eigenvalue weighted by Crippen LogP contribution is 2.15. The summed E-state index contributed by atoms with van der Waals surface area (Å²) in [7, 11) is -1.03. The zero-order valence-electron chi connectivity index (χ0n) is 10.5. The lowest BCUT2D eigenvalue weighted by molar-refractivity contribution is 0.247. The fourth-order valence-electron chi connectivity index (χ4n) is 2.56. The summed E-state index contributed by atoms with van der Waals surface area (Å²) < 4.78 is 27.3. The number of sulfonamides is 1. The molecule has 0 amide bonds. The van der Waals surface area contributed by atoms with Gasteiger partial charge in [-0.1, -0.05) is 0 Å². The molecule has 0 spiro atoms. The van der Waals surface area contributed by atoms with Crippen LogP contribution in [0.3, 0.4) is 0 Å². The summed E-state index contributed by atoms with van der Waals surface area (Å²) >= 11 is 0. The van der Waals surface area contributed by atoms with Gasteiger partial charge < -0.3 is 10.2 Å². The fourth-order valence-corrected chi connectivity index (χ4v) is 4.31. The molecule has 0 aromatic rings. The summed E-state index contributed by atoms with van der Waals surface area (Å²) in [6.07, 6.45) is 3.34. The van der Waals surface area contributed by atoms with Gasteiger partial charge in [0.05, 0.1) is 5.25 Å². The summed E-state index contributed by atoms with van der Waals surface area (Å²) in [5.41, 5.74) is 0. The van der Waals surface area contributed by atoms with Crippen LogP contribution in [0.4, 0.5) is 0 Å². The van der Waals surface area contributed by atoms with E-state index in [0.29, 0.717) is 0 Å². The van der Waals surface area contributed by atoms with Gasteiger partial charge in [0.2, 0.25) is 10.0 Å². The van der Waals surface area contributed by atoms with Crippen LogP contribution >= 0.6 is 0 Å². The van der Waals surface area contributed by atoms with E-state index in [1.54, 1.807) is 0 Å². The van der Waals surface area contributed by atoms with E-state index >= 15 is 0 Å². The Kier molecular flexibility index (Phi) is 4.41. The smallest absolute Gasteiger partial charge is 0.214 e. The second-order valence-corrected chi connectivity index (χ2v) is 7.18. The Morgan fingerprint density at radius 2 is 1.71 bits per heavy atom. The Morgan fingerprint density at radius 1 is 1.12 bits per heavy atom. The highest BCUT2D eigenvalue weighted by molar-refractivity contribution is 7.90. The van der Waals surface area contributed by atoms with Crippen LogP contribution in [0.15, 0.2) is 0 Å². The first kappa shape index (κ1) is 13.3. The van der Waals surface area contributed by atoms with E-state index in [1.807, 2.05) is 0 Å². The maximum absolute atomic E-state index is 12.2. The average molecular weight is 261 g/mol. The van der Waals surface area contributed by atoms with Crippen LogP contribution < -0.4 is 10.0 Å². The zero-order chi connectivity index (χ0) is 12.3. The van der Waals surface area contributed by atoms with E-state index in [0.717, 1.165) is 51.9 Å². The van der Waals surface area contributed by atoms with Gasteiger partial charge in [-0.15, -0.1) is 0 Å². The lowest BCUT2D eigenvalue weighted by Crippen LogP contribution is -2.48. The van der Waals surface area contributed by atoms with Crippen molar-refractivity contribution >= 4 is 10.0 Å². The van der Waals surface area contributed by atoms with Gasteiger partial charge in [-0.05, 0) is 58.9 Å². The molecule has 2 aliphatic heterocycles. The molecule has 2 fully saturated rings. The minimum Gasteiger partial charge on any atom is -0.317 e. The Labute approximate surface area is 104 Å². The number of nitrogens with one attached hydrogen (secondary N) is 2. The topological polar surface area (TPSA) is 61.4 Å². The standard InChI is InChI=1S/C11H23N3O2S/c1-14-8-4-10(5-9-14)13-17(15,16)11-2-6-12-7-3-11/h10-13H,2-9H2,1H3. The molecule has 100 valence electrons. The van der Waals surface area contributed by atoms with Gasteiger partial charge in [0.1, 0.15) is 0 Å². The molecule has 0 unspecified atom stereocenters. The SMILES string of the molecule is CN1CCC(NS(=O)(=O)C2CCNCC2)CC1. The molecule has 2 aliphatic rings. The van der Waals surface area contributed by atoms with E-state index in [-0.39, 0.29) is 11.3 Å². The second-order valence-electron chi connectivity index (χ2n) is 5.19. The maximum Gasteiger partial charge on any atom is 0.214 e. The first-order chi connectivity index (χ1) is 8.08. The number of hydrogen-bond acceptors (Lipinski definition) is 4. The van der Waals surface area contributed by atoms with Crippen molar-refractivity contribution < 1.29 is 8.42 Å². The molecule has 0 aliphatic carbocycles. The van der Waals surface area contributed by atoms with Gasteiger partial charge in [-0.2, -0.15) is 0 Å². The van der Waals surface area contributed by atoms with Gasteiger partial charge in [0, 0.05) is 6.04 Å². The normalized spacial score (nSPS) is 26.2. The van der Waals surface area contributed by atoms with Crippen molar-refractivity contribution in [1.82, 2.24) is 14.9 Å². The van der Waals surface area contributed by atoms with E-state index in [1.165, 1.54) is 0 Å². The lowest BCUT2D eigenvalue weighted by Gasteiger charge is -2.31. The molecule has 17 heavy (non-hydrogen) atoms. The molecule has 2 N–H and O–H groups in total. The molecule has 0 aromatic heterocycles. The molecular formula is C11H23N3O2S. The Balaban J connectivity index is 1.88. The van der Waals surface area contributed by atoms with Crippen LogP contribution in [0.25, 0.3) is 0 Å². The fraction of sp³-hybridized carbons (Fsp3) is 1.00. The minimum atomic E-state index is -3.11. The van der Waals surface area contributed by atoms with Crippen LogP contribution in [0.1, 0.15) is 25.7 Å². The van der Waals surface area contributed by atoms with Crippen molar-refractivity contribution in [3.63, 3.8) is 0 Å². The maximum atomic E-state index is 12.2. The molecule has 5 nitrogen and oxygen atoms in total. The first-order valence-electron chi connectivity index (χ1n) is 6.48. The Hall–Kier alpha value is -0.170. The van der Waals surface area contributed by atoms with E-state index in [9.17, 15) is 8.42 Å². The molecule has 2 saturated heterocycles. The van der Waals surface area contributed by atoms with Crippen LogP contribution in [0.2, 0.25) is 0 Å². The van der Waals surface area contributed by atoms with Crippen LogP contribution in [0.5, 0.6) is 0 Å². The monoisotopic (exact) mass is 261 g/mol. The van der Waals surface area contributed by atoms with Gasteiger partial charge >= 0.3 is 0 Å². The highest BCUT2D eigenvalue weighted by atomic mass is 32.2. The molecule has 2 rings (SSSR count). The van der Waals surface area contributed by atoms with Crippen molar-refractivity contribution in [2.45, 2.75) is 37.0 Å². The third-order valence-corrected chi connectivity index (χ3v) is 5.79. The molecule has 0 atom stereocenters. The molecule has 6 heteroatoms. The average Bonchev–Trinajstić information content (AvgIpc) is 2.33. The molecule has 0 aromatic carbocycles. The van der Waals surface area contributed by atoms with E-state index in [4.69, 9.17) is 0 Å². The second kappa shape index (κ2) is 5.65. The van der Waals surface area contributed by atoms with Crippen molar-refractivity contribution in [2.24, 2.45) is 0 Å². The van der Waals surface area contributed by atoms with Crippen molar-refractivity contribution in [3.8, 4) is 0 Å². The van der Waals surface area contributed by atoms with Crippen LogP contribution in [-0.2, 0) is 10.0 Å². The Morgan fingerprint density at radius 3 is 2.29 bits per heavy atom. The third-order valence-electron chi connectivity index (χ3n) is 3.77. The van der Waals surface area contributed by atoms with Gasteiger partial charge in [-0.3, -0.25) is 0 Å². The number of piperidine rings is 2. The summed E-state index contributed by atoms with van der Waals surface area (Å²) in [4.78, 5) is 2.25. The molecule has 2 heterocycles. The van der Waals surface area contributed by atoms with Crippen molar-refractivity contribution in [1.29, 1.82) is 0 Å². The molecular weight excluding hydrogens is 238 g/mol. The largest absolute Gasteiger partial charge is 0.317 e. The number of hydrogen-bond donors (Lipinski definition) is 2. The van der Waals surface area contributed by atoms with Gasteiger partial charge in [0.25, 0.3) is 0 Å². The quantitative estimate of drug-likeness (QED) is 0.735. The van der Waals surface area contributed by atoms with Gasteiger partial charge in [0.15, 0.2) is 0 Å². The first-order valence-corrected chi connectivity index (χ1v) is 8.03. The lowest BCUT2D eigenvalue weighted by atomic mass is 10.1. The zero-order valence-corrected chi connectivity index (χ0v) is 11.3. The van der Waals surface area contributed by atoms with Crippen molar-refractivity contribution in [3.05, 3.63) is 0 Å². The number of nitrogens with zero attached hydrogens (tertiary/aromatic N) is 1. The number of likely N-dealkylation sites (tertiary alicyclic amines) is 1. The van der Waals surface area contributed by atoms with E-state index in [2.05, 4.69) is 22.0 Å². The van der Waals surface area contributed by atoms with Crippen LogP contribution in [-0.4, -0.2) is 57.8 Å². The van der Waals surface area contributed by atoms with Gasteiger partial charge in [-0.25, -0.2) is 13.1 Å². The molecule has 0 bridgehead atoms. The predicted molar refractivity (Wildman–Crippen MR) is 68.5 cm³/mol. The predicted octanol–water partition coefficient (Wildman–Crippen LogP) is -0.248. The Bertz CT molecular complexity index is 331. The third kappa shape index (κ3) is 3.64. The van der Waals surface area contributed by atoms with Crippen molar-refractivity contribution in [2.75, 3.05) is 33.2 Å². The molecule has 0 radical (unpaired) electrons. The molecule has 0 saturated carbocycles. The summed E-state index contributed by atoms with van der Waals surface area (Å²) in [6.45, 7) is 3.61. The highest BCUT2D eigenvalue weighted by Gasteiger charge is 2.30. The number of rotatable bonds is 3.